The van der Waals surface area contributed by atoms with E-state index in [-0.39, 0.29) is 12.0 Å². The lowest BCUT2D eigenvalue weighted by Crippen LogP contribution is -2.38. The monoisotopic (exact) mass is 283 g/mol. The number of hydrogen-bond acceptors (Lipinski definition) is 3. The minimum atomic E-state index is -3.48. The second-order valence-corrected chi connectivity index (χ2v) is 7.27. The maximum absolute atomic E-state index is 12.2. The number of rotatable bonds is 5. The third-order valence-corrected chi connectivity index (χ3v) is 5.34. The van der Waals surface area contributed by atoms with E-state index in [1.165, 1.54) is 0 Å². The molecule has 0 saturated heterocycles. The van der Waals surface area contributed by atoms with Crippen LogP contribution in [0.15, 0.2) is 29.2 Å². The van der Waals surface area contributed by atoms with Crippen LogP contribution in [0.3, 0.4) is 0 Å². The summed E-state index contributed by atoms with van der Waals surface area (Å²) in [6.07, 6.45) is 3.90. The van der Waals surface area contributed by atoms with E-state index < -0.39 is 10.0 Å². The van der Waals surface area contributed by atoms with E-state index in [1.54, 1.807) is 18.2 Å². The molecule has 2 N–H and O–H groups in total. The molecule has 5 heteroatoms. The Hall–Kier alpha value is -0.910. The predicted octanol–water partition coefficient (Wildman–Crippen LogP) is 1.83. The molecule has 0 bridgehead atoms. The second kappa shape index (κ2) is 5.61. The van der Waals surface area contributed by atoms with Crippen molar-refractivity contribution in [1.82, 2.24) is 4.72 Å². The van der Waals surface area contributed by atoms with Gasteiger partial charge in [0.2, 0.25) is 10.0 Å². The number of aryl methyl sites for hydroxylation is 1. The summed E-state index contributed by atoms with van der Waals surface area (Å²) in [6.45, 7) is 2.23. The molecule has 2 rings (SSSR count). The lowest BCUT2D eigenvalue weighted by atomic mass is 9.88. The zero-order chi connectivity index (χ0) is 13.9. The molecule has 1 aliphatic rings. The van der Waals surface area contributed by atoms with E-state index in [1.807, 2.05) is 13.0 Å². The maximum Gasteiger partial charge on any atom is 0.240 e. The summed E-state index contributed by atoms with van der Waals surface area (Å²) in [5.41, 5.74) is 0.650. The highest BCUT2D eigenvalue weighted by atomic mass is 32.2. The molecule has 0 amide bonds. The predicted molar refractivity (Wildman–Crippen MR) is 74.4 cm³/mol. The molecule has 19 heavy (non-hydrogen) atoms. The van der Waals surface area contributed by atoms with Gasteiger partial charge in [-0.25, -0.2) is 13.1 Å². The molecule has 1 aromatic rings. The fourth-order valence-corrected chi connectivity index (χ4v) is 3.89. The number of benzene rings is 1. The largest absolute Gasteiger partial charge is 0.396 e. The Morgan fingerprint density at radius 3 is 2.58 bits per heavy atom. The van der Waals surface area contributed by atoms with Crippen molar-refractivity contribution in [3.8, 4) is 0 Å². The van der Waals surface area contributed by atoms with Crippen molar-refractivity contribution in [2.24, 2.45) is 5.41 Å². The van der Waals surface area contributed by atoms with Gasteiger partial charge in [0.1, 0.15) is 0 Å². The highest BCUT2D eigenvalue weighted by Gasteiger charge is 2.34. The van der Waals surface area contributed by atoms with E-state index in [0.717, 1.165) is 31.2 Å². The molecule has 1 saturated carbocycles. The average Bonchev–Trinajstić information content (AvgIpc) is 2.86. The van der Waals surface area contributed by atoms with Gasteiger partial charge in [-0.05, 0) is 37.5 Å². The highest BCUT2D eigenvalue weighted by molar-refractivity contribution is 7.89. The SMILES string of the molecule is Cc1cccc(S(=O)(=O)NCC2(CO)CCCC2)c1. The summed E-state index contributed by atoms with van der Waals surface area (Å²) in [6, 6.07) is 6.85. The van der Waals surface area contributed by atoms with Crippen LogP contribution in [-0.2, 0) is 10.0 Å². The first-order valence-corrected chi connectivity index (χ1v) is 8.13. The minimum absolute atomic E-state index is 0.0450. The Kier molecular flexibility index (Phi) is 4.28. The topological polar surface area (TPSA) is 66.4 Å². The van der Waals surface area contributed by atoms with Crippen LogP contribution in [0, 0.1) is 12.3 Å². The van der Waals surface area contributed by atoms with Crippen molar-refractivity contribution >= 4 is 10.0 Å². The van der Waals surface area contributed by atoms with Gasteiger partial charge < -0.3 is 5.11 Å². The molecule has 0 unspecified atom stereocenters. The Morgan fingerprint density at radius 1 is 1.32 bits per heavy atom. The lowest BCUT2D eigenvalue weighted by Gasteiger charge is -2.26. The molecule has 0 aliphatic heterocycles. The van der Waals surface area contributed by atoms with Crippen molar-refractivity contribution in [3.63, 3.8) is 0 Å². The first-order valence-electron chi connectivity index (χ1n) is 6.65. The molecular formula is C14H21NO3S. The van der Waals surface area contributed by atoms with Crippen LogP contribution in [0.4, 0.5) is 0 Å². The number of sulfonamides is 1. The Morgan fingerprint density at radius 2 is 2.00 bits per heavy atom. The molecule has 0 aromatic heterocycles. The first-order chi connectivity index (χ1) is 8.97. The first kappa shape index (κ1) is 14.5. The minimum Gasteiger partial charge on any atom is -0.396 e. The zero-order valence-corrected chi connectivity index (χ0v) is 12.0. The van der Waals surface area contributed by atoms with Crippen LogP contribution in [-0.4, -0.2) is 26.7 Å². The van der Waals surface area contributed by atoms with Crippen molar-refractivity contribution in [2.45, 2.75) is 37.5 Å². The van der Waals surface area contributed by atoms with E-state index >= 15 is 0 Å². The van der Waals surface area contributed by atoms with Crippen LogP contribution < -0.4 is 4.72 Å². The summed E-state index contributed by atoms with van der Waals surface area (Å²) in [5.74, 6) is 0. The fraction of sp³-hybridized carbons (Fsp3) is 0.571. The van der Waals surface area contributed by atoms with Gasteiger partial charge in [-0.1, -0.05) is 25.0 Å². The Bertz CT molecular complexity index is 533. The van der Waals surface area contributed by atoms with Crippen LogP contribution >= 0.6 is 0 Å². The number of aliphatic hydroxyl groups excluding tert-OH is 1. The Balaban J connectivity index is 2.09. The van der Waals surface area contributed by atoms with Gasteiger partial charge >= 0.3 is 0 Å². The van der Waals surface area contributed by atoms with Gasteiger partial charge in [-0.15, -0.1) is 0 Å². The van der Waals surface area contributed by atoms with E-state index in [9.17, 15) is 13.5 Å². The second-order valence-electron chi connectivity index (χ2n) is 5.51. The van der Waals surface area contributed by atoms with Gasteiger partial charge in [0, 0.05) is 18.6 Å². The van der Waals surface area contributed by atoms with Crippen molar-refractivity contribution in [2.75, 3.05) is 13.2 Å². The van der Waals surface area contributed by atoms with E-state index in [2.05, 4.69) is 4.72 Å². The van der Waals surface area contributed by atoms with Crippen molar-refractivity contribution in [3.05, 3.63) is 29.8 Å². The van der Waals surface area contributed by atoms with Crippen molar-refractivity contribution in [1.29, 1.82) is 0 Å². The van der Waals surface area contributed by atoms with Gasteiger partial charge in [0.15, 0.2) is 0 Å². The third kappa shape index (κ3) is 3.35. The van der Waals surface area contributed by atoms with Gasteiger partial charge in [0.25, 0.3) is 0 Å². The Labute approximate surface area is 114 Å². The molecule has 106 valence electrons. The lowest BCUT2D eigenvalue weighted by molar-refractivity contribution is 0.134. The van der Waals surface area contributed by atoms with E-state index in [4.69, 9.17) is 0 Å². The van der Waals surface area contributed by atoms with Crippen molar-refractivity contribution < 1.29 is 13.5 Å². The molecule has 0 heterocycles. The normalized spacial score (nSPS) is 18.6. The summed E-state index contributed by atoms with van der Waals surface area (Å²) in [4.78, 5) is 0.290. The van der Waals surface area contributed by atoms with Crippen LogP contribution in [0.25, 0.3) is 0 Å². The summed E-state index contributed by atoms with van der Waals surface area (Å²) >= 11 is 0. The molecule has 0 atom stereocenters. The summed E-state index contributed by atoms with van der Waals surface area (Å²) < 4.78 is 27.1. The molecule has 1 aromatic carbocycles. The summed E-state index contributed by atoms with van der Waals surface area (Å²) in [5, 5.41) is 9.49. The standard InChI is InChI=1S/C14H21NO3S/c1-12-5-4-6-13(9-12)19(17,18)15-10-14(11-16)7-2-3-8-14/h4-6,9,15-16H,2-3,7-8,10-11H2,1H3. The number of aliphatic hydroxyl groups is 1. The average molecular weight is 283 g/mol. The maximum atomic E-state index is 12.2. The fourth-order valence-electron chi connectivity index (χ4n) is 2.63. The molecule has 1 aliphatic carbocycles. The quantitative estimate of drug-likeness (QED) is 0.866. The number of nitrogens with one attached hydrogen (secondary N) is 1. The molecule has 0 spiro atoms. The molecule has 0 radical (unpaired) electrons. The number of hydrogen-bond donors (Lipinski definition) is 2. The van der Waals surface area contributed by atoms with E-state index in [0.29, 0.717) is 11.4 Å². The highest BCUT2D eigenvalue weighted by Crippen LogP contribution is 2.37. The molecular weight excluding hydrogens is 262 g/mol. The van der Waals surface area contributed by atoms with Gasteiger partial charge in [-0.2, -0.15) is 0 Å². The smallest absolute Gasteiger partial charge is 0.240 e. The van der Waals surface area contributed by atoms with Crippen LogP contribution in [0.5, 0.6) is 0 Å². The zero-order valence-electron chi connectivity index (χ0n) is 11.2. The molecule has 1 fully saturated rings. The van der Waals surface area contributed by atoms with Gasteiger partial charge in [-0.3, -0.25) is 0 Å². The summed E-state index contributed by atoms with van der Waals surface area (Å²) in [7, 11) is -3.48. The third-order valence-electron chi connectivity index (χ3n) is 3.94. The van der Waals surface area contributed by atoms with Gasteiger partial charge in [0.05, 0.1) is 4.90 Å². The van der Waals surface area contributed by atoms with Crippen LogP contribution in [0.1, 0.15) is 31.2 Å². The van der Waals surface area contributed by atoms with Crippen LogP contribution in [0.2, 0.25) is 0 Å². The molecule has 4 nitrogen and oxygen atoms in total.